The van der Waals surface area contributed by atoms with Crippen LogP contribution in [-0.4, -0.2) is 42.2 Å². The Labute approximate surface area is 239 Å². The van der Waals surface area contributed by atoms with Crippen molar-refractivity contribution in [3.05, 3.63) is 85.6 Å². The maximum atomic E-state index is 13.4. The first kappa shape index (κ1) is 29.1. The number of ether oxygens (including phenoxy) is 3. The van der Waals surface area contributed by atoms with Gasteiger partial charge in [-0.15, -0.1) is 0 Å². The number of rotatable bonds is 8. The molecule has 0 fully saturated rings. The summed E-state index contributed by atoms with van der Waals surface area (Å²) in [5, 5.41) is 4.56. The fourth-order valence-corrected chi connectivity index (χ4v) is 4.31. The molecule has 4 aromatic rings. The summed E-state index contributed by atoms with van der Waals surface area (Å²) in [7, 11) is 1.21. The number of hydrogen-bond donors (Lipinski definition) is 0. The standard InChI is InChI=1S/C27H20BrClF3N3O5/c1-3-39-20-12-16(22(28)23(29)24(20)40-14-21(36)38-2)13-33-35-25(15-7-6-8-17(11-15)27(30,31)32)34-19-10-5-4-9-18(19)26(35)37/h4-13H,3,14H2,1-2H3. The number of esters is 1. The highest BCUT2D eigenvalue weighted by Crippen LogP contribution is 2.42. The molecule has 0 unspecified atom stereocenters. The number of carbonyl (C=O) groups excluding carboxylic acids is 1. The van der Waals surface area contributed by atoms with E-state index in [9.17, 15) is 22.8 Å². The number of methoxy groups -OCH3 is 1. The molecule has 0 bridgehead atoms. The summed E-state index contributed by atoms with van der Waals surface area (Å²) >= 11 is 9.86. The average Bonchev–Trinajstić information content (AvgIpc) is 2.94. The van der Waals surface area contributed by atoms with Crippen LogP contribution in [-0.2, 0) is 15.7 Å². The zero-order valence-electron chi connectivity index (χ0n) is 21.0. The van der Waals surface area contributed by atoms with Crippen molar-refractivity contribution in [2.24, 2.45) is 5.10 Å². The Kier molecular flexibility index (Phi) is 8.79. The maximum Gasteiger partial charge on any atom is 0.416 e. The van der Waals surface area contributed by atoms with Gasteiger partial charge in [-0.3, -0.25) is 4.79 Å². The summed E-state index contributed by atoms with van der Waals surface area (Å²) in [5.41, 5.74) is -0.829. The van der Waals surface area contributed by atoms with E-state index in [0.29, 0.717) is 15.6 Å². The van der Waals surface area contributed by atoms with Crippen molar-refractivity contribution in [3.63, 3.8) is 0 Å². The summed E-state index contributed by atoms with van der Waals surface area (Å²) in [6, 6.07) is 12.4. The lowest BCUT2D eigenvalue weighted by molar-refractivity contribution is -0.143. The molecule has 13 heteroatoms. The molecule has 0 spiro atoms. The van der Waals surface area contributed by atoms with Gasteiger partial charge in [0.05, 0.1) is 36.4 Å². The van der Waals surface area contributed by atoms with E-state index in [4.69, 9.17) is 21.1 Å². The first-order valence-electron chi connectivity index (χ1n) is 11.6. The Balaban J connectivity index is 1.87. The van der Waals surface area contributed by atoms with Gasteiger partial charge >= 0.3 is 12.1 Å². The van der Waals surface area contributed by atoms with E-state index in [1.807, 2.05) is 0 Å². The molecular formula is C27H20BrClF3N3O5. The molecule has 40 heavy (non-hydrogen) atoms. The van der Waals surface area contributed by atoms with E-state index in [1.54, 1.807) is 31.2 Å². The Morgan fingerprint density at radius 3 is 2.60 bits per heavy atom. The van der Waals surface area contributed by atoms with Crippen LogP contribution in [0.15, 0.2) is 69.0 Å². The smallest absolute Gasteiger partial charge is 0.416 e. The number of fused-ring (bicyclic) bond motifs is 1. The molecule has 8 nitrogen and oxygen atoms in total. The minimum atomic E-state index is -4.60. The third kappa shape index (κ3) is 6.13. The fourth-order valence-electron chi connectivity index (χ4n) is 3.66. The highest BCUT2D eigenvalue weighted by Gasteiger charge is 2.31. The lowest BCUT2D eigenvalue weighted by Crippen LogP contribution is -2.20. The lowest BCUT2D eigenvalue weighted by atomic mass is 10.1. The summed E-state index contributed by atoms with van der Waals surface area (Å²) < 4.78 is 57.2. The Morgan fingerprint density at radius 2 is 1.90 bits per heavy atom. The quantitative estimate of drug-likeness (QED) is 0.166. The van der Waals surface area contributed by atoms with Gasteiger partial charge in [0, 0.05) is 15.6 Å². The second-order valence-corrected chi connectivity index (χ2v) is 9.28. The molecule has 0 aliphatic heterocycles. The monoisotopic (exact) mass is 637 g/mol. The third-order valence-electron chi connectivity index (χ3n) is 5.53. The van der Waals surface area contributed by atoms with Crippen LogP contribution in [0.3, 0.4) is 0 Å². The van der Waals surface area contributed by atoms with Gasteiger partial charge in [0.15, 0.2) is 23.9 Å². The molecule has 0 amide bonds. The molecule has 0 atom stereocenters. The van der Waals surface area contributed by atoms with E-state index in [0.717, 1.165) is 16.8 Å². The molecule has 0 aliphatic carbocycles. The van der Waals surface area contributed by atoms with Gasteiger partial charge in [-0.25, -0.2) is 9.78 Å². The van der Waals surface area contributed by atoms with Crippen LogP contribution in [0.1, 0.15) is 18.1 Å². The largest absolute Gasteiger partial charge is 0.490 e. The number of hydrogen-bond acceptors (Lipinski definition) is 7. The summed E-state index contributed by atoms with van der Waals surface area (Å²) in [6.45, 7) is 1.54. The van der Waals surface area contributed by atoms with E-state index >= 15 is 0 Å². The van der Waals surface area contributed by atoms with Crippen molar-refractivity contribution in [1.82, 2.24) is 9.66 Å². The first-order chi connectivity index (χ1) is 19.0. The number of carbonyl (C=O) groups is 1. The molecule has 208 valence electrons. The predicted molar refractivity (Wildman–Crippen MR) is 147 cm³/mol. The molecule has 4 rings (SSSR count). The number of halogens is 5. The van der Waals surface area contributed by atoms with Crippen molar-refractivity contribution in [3.8, 4) is 22.9 Å². The molecule has 0 saturated heterocycles. The van der Waals surface area contributed by atoms with Gasteiger partial charge in [0.25, 0.3) is 5.56 Å². The van der Waals surface area contributed by atoms with Crippen molar-refractivity contribution in [1.29, 1.82) is 0 Å². The summed E-state index contributed by atoms with van der Waals surface area (Å²) in [5.74, 6) is -0.475. The SMILES string of the molecule is CCOc1cc(C=Nn2c(-c3cccc(C(F)(F)F)c3)nc3ccccc3c2=O)c(Br)c(Cl)c1OCC(=O)OC. The van der Waals surface area contributed by atoms with Crippen LogP contribution in [0, 0.1) is 0 Å². The maximum absolute atomic E-state index is 13.4. The zero-order valence-corrected chi connectivity index (χ0v) is 23.3. The molecule has 0 saturated carbocycles. The Hall–Kier alpha value is -3.90. The number of nitrogens with zero attached hydrogens (tertiary/aromatic N) is 3. The van der Waals surface area contributed by atoms with Crippen LogP contribution in [0.4, 0.5) is 13.2 Å². The molecule has 0 radical (unpaired) electrons. The molecule has 1 aromatic heterocycles. The van der Waals surface area contributed by atoms with E-state index in [-0.39, 0.29) is 39.9 Å². The summed E-state index contributed by atoms with van der Waals surface area (Å²) in [4.78, 5) is 29.4. The number of benzene rings is 3. The lowest BCUT2D eigenvalue weighted by Gasteiger charge is -2.15. The predicted octanol–water partition coefficient (Wildman–Crippen LogP) is 6.33. The second-order valence-electron chi connectivity index (χ2n) is 8.11. The first-order valence-corrected chi connectivity index (χ1v) is 12.8. The molecule has 1 heterocycles. The fraction of sp³-hybridized carbons (Fsp3) is 0.185. The van der Waals surface area contributed by atoms with Crippen molar-refractivity contribution in [2.75, 3.05) is 20.3 Å². The van der Waals surface area contributed by atoms with Crippen molar-refractivity contribution < 1.29 is 32.2 Å². The molecule has 3 aromatic carbocycles. The number of aromatic nitrogens is 2. The van der Waals surface area contributed by atoms with Crippen LogP contribution in [0.25, 0.3) is 22.3 Å². The van der Waals surface area contributed by atoms with Crippen molar-refractivity contribution >= 4 is 50.6 Å². The Bertz CT molecular complexity index is 1670. The van der Waals surface area contributed by atoms with Crippen LogP contribution in [0.2, 0.25) is 5.02 Å². The van der Waals surface area contributed by atoms with Gasteiger partial charge in [-0.2, -0.15) is 22.9 Å². The Morgan fingerprint density at radius 1 is 1.15 bits per heavy atom. The van der Waals surface area contributed by atoms with Crippen LogP contribution < -0.4 is 15.0 Å². The number of para-hydroxylation sites is 1. The van der Waals surface area contributed by atoms with Gasteiger partial charge in [0.1, 0.15) is 5.02 Å². The summed E-state index contributed by atoms with van der Waals surface area (Å²) in [6.07, 6.45) is -3.33. The highest BCUT2D eigenvalue weighted by atomic mass is 79.9. The van der Waals surface area contributed by atoms with Crippen LogP contribution >= 0.6 is 27.5 Å². The highest BCUT2D eigenvalue weighted by molar-refractivity contribution is 9.10. The van der Waals surface area contributed by atoms with Gasteiger partial charge in [-0.05, 0) is 53.2 Å². The molecule has 0 N–H and O–H groups in total. The van der Waals surface area contributed by atoms with Gasteiger partial charge < -0.3 is 14.2 Å². The van der Waals surface area contributed by atoms with Gasteiger partial charge in [0.2, 0.25) is 0 Å². The average molecular weight is 639 g/mol. The minimum Gasteiger partial charge on any atom is -0.490 e. The topological polar surface area (TPSA) is 92.0 Å². The van der Waals surface area contributed by atoms with E-state index < -0.39 is 29.9 Å². The molecular weight excluding hydrogens is 619 g/mol. The normalized spacial score (nSPS) is 11.7. The third-order valence-corrected chi connectivity index (χ3v) is 6.98. The zero-order chi connectivity index (χ0) is 29.0. The van der Waals surface area contributed by atoms with E-state index in [1.165, 1.54) is 31.5 Å². The number of alkyl halides is 3. The van der Waals surface area contributed by atoms with Crippen molar-refractivity contribution in [2.45, 2.75) is 13.1 Å². The minimum absolute atomic E-state index is 0.0356. The molecule has 0 aliphatic rings. The van der Waals surface area contributed by atoms with E-state index in [2.05, 4.69) is 30.8 Å². The second kappa shape index (κ2) is 12.1. The van der Waals surface area contributed by atoms with Crippen LogP contribution in [0.5, 0.6) is 11.5 Å². The van der Waals surface area contributed by atoms with Gasteiger partial charge in [-0.1, -0.05) is 35.9 Å².